The Labute approximate surface area is 110 Å². The Hall–Kier alpha value is -1.06. The Bertz CT molecular complexity index is 364. The first kappa shape index (κ1) is 15.0. The maximum Gasteiger partial charge on any atom is 0.122 e. The minimum Gasteiger partial charge on any atom is -0.496 e. The van der Waals surface area contributed by atoms with Crippen LogP contribution in [0.3, 0.4) is 0 Å². The molecular weight excluding hydrogens is 226 g/mol. The van der Waals surface area contributed by atoms with Crippen LogP contribution in [0.1, 0.15) is 31.9 Å². The van der Waals surface area contributed by atoms with Crippen LogP contribution in [0.5, 0.6) is 5.75 Å². The highest BCUT2D eigenvalue weighted by Crippen LogP contribution is 2.20. The molecule has 0 amide bonds. The molecule has 0 saturated heterocycles. The van der Waals surface area contributed by atoms with Crippen LogP contribution in [0.4, 0.5) is 0 Å². The van der Waals surface area contributed by atoms with Crippen molar-refractivity contribution in [1.82, 2.24) is 5.32 Å². The molecule has 1 aromatic carbocycles. The van der Waals surface area contributed by atoms with Crippen molar-refractivity contribution < 1.29 is 9.84 Å². The van der Waals surface area contributed by atoms with Crippen LogP contribution >= 0.6 is 0 Å². The lowest BCUT2D eigenvalue weighted by molar-refractivity contribution is 0.210. The predicted octanol–water partition coefficient (Wildman–Crippen LogP) is 2.36. The van der Waals surface area contributed by atoms with Gasteiger partial charge in [0.25, 0.3) is 0 Å². The number of rotatable bonds is 7. The molecule has 3 heteroatoms. The van der Waals surface area contributed by atoms with E-state index in [1.165, 1.54) is 11.1 Å². The standard InChI is InChI=1S/C15H25NO2/c1-5-13-8-12(6-7-15(13)18-4)9-16-14(10-17)11(2)3/h6-8,11,14,16-17H,5,9-10H2,1-4H3. The highest BCUT2D eigenvalue weighted by Gasteiger charge is 2.11. The number of nitrogens with one attached hydrogen (secondary N) is 1. The zero-order valence-electron chi connectivity index (χ0n) is 11.9. The van der Waals surface area contributed by atoms with Gasteiger partial charge in [-0.3, -0.25) is 0 Å². The number of aryl methyl sites for hydroxylation is 1. The van der Waals surface area contributed by atoms with Gasteiger partial charge < -0.3 is 15.2 Å². The fraction of sp³-hybridized carbons (Fsp3) is 0.600. The van der Waals surface area contributed by atoms with Gasteiger partial charge in [-0.15, -0.1) is 0 Å². The van der Waals surface area contributed by atoms with Crippen molar-refractivity contribution in [1.29, 1.82) is 0 Å². The highest BCUT2D eigenvalue weighted by molar-refractivity contribution is 5.37. The second-order valence-corrected chi connectivity index (χ2v) is 4.91. The molecule has 0 aromatic heterocycles. The van der Waals surface area contributed by atoms with Gasteiger partial charge in [0, 0.05) is 12.6 Å². The summed E-state index contributed by atoms with van der Waals surface area (Å²) in [5, 5.41) is 12.7. The first-order valence-electron chi connectivity index (χ1n) is 6.62. The summed E-state index contributed by atoms with van der Waals surface area (Å²) in [5.74, 6) is 1.38. The van der Waals surface area contributed by atoms with E-state index in [0.29, 0.717) is 5.92 Å². The van der Waals surface area contributed by atoms with Crippen LogP contribution in [0, 0.1) is 5.92 Å². The average Bonchev–Trinajstić information content (AvgIpc) is 2.38. The van der Waals surface area contributed by atoms with Gasteiger partial charge >= 0.3 is 0 Å². The molecule has 0 fully saturated rings. The minimum absolute atomic E-state index is 0.150. The number of benzene rings is 1. The van der Waals surface area contributed by atoms with E-state index in [1.54, 1.807) is 7.11 Å². The molecule has 0 aliphatic heterocycles. The predicted molar refractivity (Wildman–Crippen MR) is 74.9 cm³/mol. The fourth-order valence-electron chi connectivity index (χ4n) is 1.98. The molecule has 0 aliphatic rings. The number of methoxy groups -OCH3 is 1. The molecular formula is C15H25NO2. The molecule has 0 radical (unpaired) electrons. The molecule has 0 heterocycles. The quantitative estimate of drug-likeness (QED) is 0.781. The van der Waals surface area contributed by atoms with Crippen LogP contribution in [0.15, 0.2) is 18.2 Å². The third-order valence-corrected chi connectivity index (χ3v) is 3.30. The van der Waals surface area contributed by atoms with E-state index in [2.05, 4.69) is 38.2 Å². The van der Waals surface area contributed by atoms with Gasteiger partial charge in [-0.05, 0) is 29.5 Å². The molecule has 1 atom stereocenters. The first-order valence-corrected chi connectivity index (χ1v) is 6.62. The normalized spacial score (nSPS) is 12.8. The van der Waals surface area contributed by atoms with E-state index in [4.69, 9.17) is 4.74 Å². The second kappa shape index (κ2) is 7.39. The number of aliphatic hydroxyl groups excluding tert-OH is 1. The van der Waals surface area contributed by atoms with Crippen molar-refractivity contribution in [2.24, 2.45) is 5.92 Å². The van der Waals surface area contributed by atoms with Crippen molar-refractivity contribution in [2.45, 2.75) is 39.8 Å². The van der Waals surface area contributed by atoms with Gasteiger partial charge in [-0.1, -0.05) is 32.9 Å². The molecule has 102 valence electrons. The van der Waals surface area contributed by atoms with Gasteiger partial charge in [-0.25, -0.2) is 0 Å². The minimum atomic E-state index is 0.150. The fourth-order valence-corrected chi connectivity index (χ4v) is 1.98. The Morgan fingerprint density at radius 3 is 2.56 bits per heavy atom. The Balaban J connectivity index is 2.67. The summed E-state index contributed by atoms with van der Waals surface area (Å²) < 4.78 is 5.32. The third-order valence-electron chi connectivity index (χ3n) is 3.30. The summed E-state index contributed by atoms with van der Waals surface area (Å²) in [6.45, 7) is 7.30. The van der Waals surface area contributed by atoms with Crippen LogP contribution in [-0.4, -0.2) is 24.9 Å². The molecule has 1 aromatic rings. The number of hydrogen-bond acceptors (Lipinski definition) is 3. The lowest BCUT2D eigenvalue weighted by Gasteiger charge is -2.20. The maximum absolute atomic E-state index is 9.27. The Morgan fingerprint density at radius 1 is 1.33 bits per heavy atom. The van der Waals surface area contributed by atoms with Gasteiger partial charge in [0.05, 0.1) is 13.7 Å². The molecule has 3 nitrogen and oxygen atoms in total. The van der Waals surface area contributed by atoms with E-state index in [-0.39, 0.29) is 12.6 Å². The summed E-state index contributed by atoms with van der Waals surface area (Å²) in [5.41, 5.74) is 2.45. The zero-order chi connectivity index (χ0) is 13.5. The van der Waals surface area contributed by atoms with Crippen molar-refractivity contribution >= 4 is 0 Å². The maximum atomic E-state index is 9.27. The lowest BCUT2D eigenvalue weighted by Crippen LogP contribution is -2.36. The van der Waals surface area contributed by atoms with Crippen LogP contribution in [0.25, 0.3) is 0 Å². The molecule has 0 saturated carbocycles. The van der Waals surface area contributed by atoms with E-state index in [9.17, 15) is 5.11 Å². The van der Waals surface area contributed by atoms with E-state index < -0.39 is 0 Å². The number of aliphatic hydroxyl groups is 1. The molecule has 0 bridgehead atoms. The zero-order valence-corrected chi connectivity index (χ0v) is 11.9. The molecule has 1 rings (SSSR count). The molecule has 18 heavy (non-hydrogen) atoms. The highest BCUT2D eigenvalue weighted by atomic mass is 16.5. The van der Waals surface area contributed by atoms with Crippen molar-refractivity contribution in [3.63, 3.8) is 0 Å². The first-order chi connectivity index (χ1) is 8.62. The summed E-state index contributed by atoms with van der Waals surface area (Å²) in [6.07, 6.45) is 0.963. The van der Waals surface area contributed by atoms with E-state index in [1.807, 2.05) is 6.07 Å². The average molecular weight is 251 g/mol. The monoisotopic (exact) mass is 251 g/mol. The topological polar surface area (TPSA) is 41.5 Å². The number of ether oxygens (including phenoxy) is 1. The smallest absolute Gasteiger partial charge is 0.122 e. The molecule has 1 unspecified atom stereocenters. The van der Waals surface area contributed by atoms with Crippen LogP contribution < -0.4 is 10.1 Å². The van der Waals surface area contributed by atoms with Crippen LogP contribution in [0.2, 0.25) is 0 Å². The SMILES string of the molecule is CCc1cc(CNC(CO)C(C)C)ccc1OC. The Morgan fingerprint density at radius 2 is 2.06 bits per heavy atom. The van der Waals surface area contributed by atoms with Crippen molar-refractivity contribution in [3.8, 4) is 5.75 Å². The van der Waals surface area contributed by atoms with Crippen molar-refractivity contribution in [3.05, 3.63) is 29.3 Å². The van der Waals surface area contributed by atoms with Crippen LogP contribution in [-0.2, 0) is 13.0 Å². The summed E-state index contributed by atoms with van der Waals surface area (Å²) in [4.78, 5) is 0. The summed E-state index contributed by atoms with van der Waals surface area (Å²) >= 11 is 0. The molecule has 2 N–H and O–H groups in total. The van der Waals surface area contributed by atoms with E-state index >= 15 is 0 Å². The Kier molecular flexibility index (Phi) is 6.16. The summed E-state index contributed by atoms with van der Waals surface area (Å²) in [7, 11) is 1.70. The lowest BCUT2D eigenvalue weighted by atomic mass is 10.0. The van der Waals surface area contributed by atoms with Gasteiger partial charge in [0.2, 0.25) is 0 Å². The van der Waals surface area contributed by atoms with Gasteiger partial charge in [0.1, 0.15) is 5.75 Å². The third kappa shape index (κ3) is 4.00. The number of hydrogen-bond donors (Lipinski definition) is 2. The molecule has 0 spiro atoms. The van der Waals surface area contributed by atoms with Crippen molar-refractivity contribution in [2.75, 3.05) is 13.7 Å². The molecule has 0 aliphatic carbocycles. The largest absolute Gasteiger partial charge is 0.496 e. The van der Waals surface area contributed by atoms with Gasteiger partial charge in [0.15, 0.2) is 0 Å². The van der Waals surface area contributed by atoms with E-state index in [0.717, 1.165) is 18.7 Å². The summed E-state index contributed by atoms with van der Waals surface area (Å²) in [6, 6.07) is 6.40. The second-order valence-electron chi connectivity index (χ2n) is 4.91. The van der Waals surface area contributed by atoms with Gasteiger partial charge in [-0.2, -0.15) is 0 Å².